The van der Waals surface area contributed by atoms with Gasteiger partial charge in [-0.1, -0.05) is 42.0 Å². The van der Waals surface area contributed by atoms with Crippen molar-refractivity contribution in [2.75, 3.05) is 20.8 Å². The Kier molecular flexibility index (Phi) is 6.67. The average molecular weight is 462 g/mol. The minimum absolute atomic E-state index is 0.0306. The van der Waals surface area contributed by atoms with Crippen LogP contribution >= 0.6 is 0 Å². The van der Waals surface area contributed by atoms with Gasteiger partial charge in [0, 0.05) is 36.6 Å². The molecule has 1 aromatic heterocycles. The van der Waals surface area contributed by atoms with E-state index in [-0.39, 0.29) is 11.3 Å². The van der Waals surface area contributed by atoms with E-state index in [1.54, 1.807) is 42.9 Å². The first-order chi connectivity index (χ1) is 16.5. The number of carbonyl (C=O) groups is 2. The third kappa shape index (κ3) is 4.26. The average Bonchev–Trinajstić information content (AvgIpc) is 3.45. The van der Waals surface area contributed by atoms with Gasteiger partial charge >= 0.3 is 0 Å². The van der Waals surface area contributed by atoms with Crippen LogP contribution in [0.2, 0.25) is 0 Å². The zero-order chi connectivity index (χ0) is 24.2. The Labute approximate surface area is 198 Å². The summed E-state index contributed by atoms with van der Waals surface area (Å²) in [5, 5.41) is 11.2. The number of para-hydroxylation sites is 1. The van der Waals surface area contributed by atoms with E-state index in [4.69, 9.17) is 9.47 Å². The van der Waals surface area contributed by atoms with Crippen molar-refractivity contribution in [2.45, 2.75) is 25.9 Å². The van der Waals surface area contributed by atoms with Gasteiger partial charge in [-0.25, -0.2) is 4.98 Å². The highest BCUT2D eigenvalue weighted by molar-refractivity contribution is 6.46. The SMILES string of the molecule is COc1cccc([C@H]2C(=C(O)c3ccc(C)cc3)C(=O)C(=O)N2CCCn2ccnc2)c1OC. The molecule has 0 spiro atoms. The molecule has 4 rings (SSSR count). The van der Waals surface area contributed by atoms with Gasteiger partial charge in [0.2, 0.25) is 0 Å². The summed E-state index contributed by atoms with van der Waals surface area (Å²) in [6.07, 6.45) is 5.83. The molecule has 1 aliphatic heterocycles. The molecule has 0 aliphatic carbocycles. The fraction of sp³-hybridized carbons (Fsp3) is 0.269. The summed E-state index contributed by atoms with van der Waals surface area (Å²) < 4.78 is 13.0. The number of likely N-dealkylation sites (tertiary alicyclic amines) is 1. The Hall–Kier alpha value is -4.07. The lowest BCUT2D eigenvalue weighted by Crippen LogP contribution is -2.31. The first kappa shape index (κ1) is 23.1. The van der Waals surface area contributed by atoms with Crippen LogP contribution in [-0.4, -0.2) is 52.0 Å². The van der Waals surface area contributed by atoms with Crippen LogP contribution in [0.3, 0.4) is 0 Å². The van der Waals surface area contributed by atoms with Gasteiger partial charge in [0.1, 0.15) is 5.76 Å². The zero-order valence-electron chi connectivity index (χ0n) is 19.4. The van der Waals surface area contributed by atoms with Crippen LogP contribution in [-0.2, 0) is 16.1 Å². The minimum atomic E-state index is -0.825. The van der Waals surface area contributed by atoms with Crippen LogP contribution in [0.4, 0.5) is 0 Å². The summed E-state index contributed by atoms with van der Waals surface area (Å²) in [6.45, 7) is 2.87. The number of aryl methyl sites for hydroxylation is 2. The molecule has 0 saturated carbocycles. The van der Waals surface area contributed by atoms with Crippen LogP contribution in [0.5, 0.6) is 11.5 Å². The second kappa shape index (κ2) is 9.82. The van der Waals surface area contributed by atoms with Crippen LogP contribution in [0.25, 0.3) is 5.76 Å². The molecule has 0 radical (unpaired) electrons. The molecule has 1 amide bonds. The maximum atomic E-state index is 13.2. The Balaban J connectivity index is 1.81. The van der Waals surface area contributed by atoms with Crippen molar-refractivity contribution in [3.63, 3.8) is 0 Å². The van der Waals surface area contributed by atoms with Crippen molar-refractivity contribution in [3.8, 4) is 11.5 Å². The van der Waals surface area contributed by atoms with Crippen molar-refractivity contribution in [3.05, 3.63) is 83.4 Å². The van der Waals surface area contributed by atoms with Crippen LogP contribution in [0, 0.1) is 6.92 Å². The Morgan fingerprint density at radius 3 is 2.47 bits per heavy atom. The Bertz CT molecular complexity index is 1220. The maximum absolute atomic E-state index is 13.2. The number of hydrogen-bond donors (Lipinski definition) is 1. The highest BCUT2D eigenvalue weighted by atomic mass is 16.5. The van der Waals surface area contributed by atoms with Crippen molar-refractivity contribution in [1.29, 1.82) is 0 Å². The summed E-state index contributed by atoms with van der Waals surface area (Å²) in [6, 6.07) is 11.6. The van der Waals surface area contributed by atoms with Crippen molar-refractivity contribution < 1.29 is 24.2 Å². The molecule has 176 valence electrons. The number of aliphatic hydroxyl groups excluding tert-OH is 1. The molecular formula is C26H27N3O5. The monoisotopic (exact) mass is 461 g/mol. The number of ether oxygens (including phenoxy) is 2. The third-order valence-electron chi connectivity index (χ3n) is 5.97. The van der Waals surface area contributed by atoms with Gasteiger partial charge in [-0.3, -0.25) is 9.59 Å². The number of carbonyl (C=O) groups excluding carboxylic acids is 2. The molecule has 2 heterocycles. The highest BCUT2D eigenvalue weighted by Gasteiger charge is 2.47. The molecule has 1 saturated heterocycles. The molecule has 1 atom stereocenters. The predicted molar refractivity (Wildman–Crippen MR) is 127 cm³/mol. The molecule has 34 heavy (non-hydrogen) atoms. The molecule has 1 N–H and O–H groups in total. The molecular weight excluding hydrogens is 434 g/mol. The third-order valence-corrected chi connectivity index (χ3v) is 5.97. The molecule has 8 heteroatoms. The quantitative estimate of drug-likeness (QED) is 0.312. The topological polar surface area (TPSA) is 93.9 Å². The van der Waals surface area contributed by atoms with Gasteiger partial charge in [0.05, 0.1) is 32.2 Å². The maximum Gasteiger partial charge on any atom is 0.295 e. The van der Waals surface area contributed by atoms with E-state index in [9.17, 15) is 14.7 Å². The largest absolute Gasteiger partial charge is 0.507 e. The summed E-state index contributed by atoms with van der Waals surface area (Å²) in [7, 11) is 3.03. The molecule has 8 nitrogen and oxygen atoms in total. The summed E-state index contributed by atoms with van der Waals surface area (Å²) in [5.74, 6) is -0.722. The van der Waals surface area contributed by atoms with E-state index in [1.165, 1.54) is 19.1 Å². The number of imidazole rings is 1. The molecule has 0 unspecified atom stereocenters. The summed E-state index contributed by atoms with van der Waals surface area (Å²) in [4.78, 5) is 31.9. The standard InChI is InChI=1S/C26H27N3O5/c1-17-8-10-18(11-9-17)23(30)21-22(19-6-4-7-20(33-2)25(19)34-3)29(26(32)24(21)31)14-5-13-28-15-12-27-16-28/h4,6-12,15-16,22,30H,5,13-14H2,1-3H3/t22-/m0/s1. The van der Waals surface area contributed by atoms with Gasteiger partial charge in [0.15, 0.2) is 11.5 Å². The Morgan fingerprint density at radius 1 is 1.06 bits per heavy atom. The van der Waals surface area contributed by atoms with Crippen molar-refractivity contribution in [1.82, 2.24) is 14.5 Å². The number of methoxy groups -OCH3 is 2. The number of amides is 1. The van der Waals surface area contributed by atoms with E-state index < -0.39 is 17.7 Å². The van der Waals surface area contributed by atoms with Crippen molar-refractivity contribution >= 4 is 17.4 Å². The Morgan fingerprint density at radius 2 is 1.82 bits per heavy atom. The molecule has 3 aromatic rings. The second-order valence-corrected chi connectivity index (χ2v) is 8.10. The number of nitrogens with zero attached hydrogens (tertiary/aromatic N) is 3. The lowest BCUT2D eigenvalue weighted by molar-refractivity contribution is -0.140. The fourth-order valence-electron chi connectivity index (χ4n) is 4.27. The first-order valence-electron chi connectivity index (χ1n) is 11.0. The van der Waals surface area contributed by atoms with Crippen LogP contribution in [0.1, 0.15) is 29.2 Å². The number of rotatable bonds is 8. The van der Waals surface area contributed by atoms with E-state index in [0.29, 0.717) is 42.1 Å². The first-order valence-corrected chi connectivity index (χ1v) is 11.0. The van der Waals surface area contributed by atoms with E-state index in [1.807, 2.05) is 29.8 Å². The van der Waals surface area contributed by atoms with Gasteiger partial charge < -0.3 is 24.0 Å². The number of hydrogen-bond acceptors (Lipinski definition) is 6. The predicted octanol–water partition coefficient (Wildman–Crippen LogP) is 3.72. The molecule has 1 aliphatic rings. The molecule has 2 aromatic carbocycles. The van der Waals surface area contributed by atoms with Gasteiger partial charge in [-0.2, -0.15) is 0 Å². The van der Waals surface area contributed by atoms with Crippen LogP contribution < -0.4 is 9.47 Å². The molecule has 0 bridgehead atoms. The lowest BCUT2D eigenvalue weighted by atomic mass is 9.94. The van der Waals surface area contributed by atoms with Gasteiger partial charge in [-0.15, -0.1) is 0 Å². The van der Waals surface area contributed by atoms with E-state index in [0.717, 1.165) is 5.56 Å². The van der Waals surface area contributed by atoms with Crippen LogP contribution in [0.15, 0.2) is 66.8 Å². The zero-order valence-corrected chi connectivity index (χ0v) is 19.4. The number of aliphatic hydroxyl groups is 1. The minimum Gasteiger partial charge on any atom is -0.507 e. The summed E-state index contributed by atoms with van der Waals surface area (Å²) in [5.41, 5.74) is 2.08. The van der Waals surface area contributed by atoms with E-state index in [2.05, 4.69) is 4.98 Å². The van der Waals surface area contributed by atoms with Gasteiger partial charge in [0.25, 0.3) is 11.7 Å². The second-order valence-electron chi connectivity index (χ2n) is 8.10. The van der Waals surface area contributed by atoms with Crippen molar-refractivity contribution in [2.24, 2.45) is 0 Å². The lowest BCUT2D eigenvalue weighted by Gasteiger charge is -2.27. The summed E-state index contributed by atoms with van der Waals surface area (Å²) >= 11 is 0. The van der Waals surface area contributed by atoms with Gasteiger partial charge in [-0.05, 0) is 19.4 Å². The number of benzene rings is 2. The van der Waals surface area contributed by atoms with E-state index >= 15 is 0 Å². The smallest absolute Gasteiger partial charge is 0.295 e. The molecule has 1 fully saturated rings. The highest BCUT2D eigenvalue weighted by Crippen LogP contribution is 2.45. The fourth-order valence-corrected chi connectivity index (χ4v) is 4.27. The number of Topliss-reactive ketones (excluding diaryl/α,β-unsaturated/α-hetero) is 1. The number of aromatic nitrogens is 2. The number of ketones is 1. The normalized spacial score (nSPS) is 17.3.